The molecule has 0 aliphatic carbocycles. The van der Waals surface area contributed by atoms with Crippen LogP contribution in [0.4, 0.5) is 14.9 Å². The monoisotopic (exact) mass is 433 g/mol. The number of benzene rings is 2. The summed E-state index contributed by atoms with van der Waals surface area (Å²) in [5.41, 5.74) is -0.672. The first-order valence-electron chi connectivity index (χ1n) is 8.87. The van der Waals surface area contributed by atoms with Crippen LogP contribution in [0.15, 0.2) is 47.4 Å². The summed E-state index contributed by atoms with van der Waals surface area (Å²) in [5, 5.41) is 5.04. The Hall–Kier alpha value is -3.27. The number of methoxy groups -OCH3 is 1. The number of carbonyl (C=O) groups excluding carboxylic acids is 3. The zero-order valence-electron chi connectivity index (χ0n) is 16.5. The summed E-state index contributed by atoms with van der Waals surface area (Å²) in [7, 11) is 0.00918. The SMILES string of the molecule is COc1ccc(C2(C)NC(=O)N(CC(=O)Nc3ccc(S(C)=O)c(F)c3)C2=O)cc1. The average molecular weight is 433 g/mol. The molecule has 0 bridgehead atoms. The molecule has 3 rings (SSSR count). The zero-order valence-corrected chi connectivity index (χ0v) is 17.3. The van der Waals surface area contributed by atoms with Crippen molar-refractivity contribution in [3.63, 3.8) is 0 Å². The normalized spacial score (nSPS) is 19.4. The number of ether oxygens (including phenoxy) is 1. The Morgan fingerprint density at radius 2 is 1.90 bits per heavy atom. The highest BCUT2D eigenvalue weighted by atomic mass is 32.2. The third kappa shape index (κ3) is 4.04. The van der Waals surface area contributed by atoms with Crippen LogP contribution in [0.1, 0.15) is 12.5 Å². The van der Waals surface area contributed by atoms with Gasteiger partial charge in [-0.2, -0.15) is 0 Å². The van der Waals surface area contributed by atoms with Crippen molar-refractivity contribution in [1.82, 2.24) is 10.2 Å². The maximum Gasteiger partial charge on any atom is 0.325 e. The van der Waals surface area contributed by atoms with Crippen molar-refractivity contribution in [2.75, 3.05) is 25.2 Å². The number of carbonyl (C=O) groups is 3. The van der Waals surface area contributed by atoms with Crippen LogP contribution in [0.3, 0.4) is 0 Å². The van der Waals surface area contributed by atoms with E-state index in [1.165, 1.54) is 25.5 Å². The second kappa shape index (κ2) is 8.23. The van der Waals surface area contributed by atoms with Gasteiger partial charge in [0.05, 0.1) is 22.8 Å². The van der Waals surface area contributed by atoms with E-state index >= 15 is 0 Å². The third-order valence-corrected chi connectivity index (χ3v) is 5.72. The minimum Gasteiger partial charge on any atom is -0.497 e. The number of urea groups is 1. The Kier molecular flexibility index (Phi) is 5.88. The topological polar surface area (TPSA) is 105 Å². The van der Waals surface area contributed by atoms with Gasteiger partial charge in [-0.25, -0.2) is 9.18 Å². The highest BCUT2D eigenvalue weighted by Gasteiger charge is 2.49. The number of nitrogens with zero attached hydrogens (tertiary/aromatic N) is 1. The van der Waals surface area contributed by atoms with Crippen LogP contribution in [-0.4, -0.2) is 46.9 Å². The molecular weight excluding hydrogens is 413 g/mol. The first-order valence-corrected chi connectivity index (χ1v) is 10.4. The Morgan fingerprint density at radius 3 is 2.47 bits per heavy atom. The molecule has 30 heavy (non-hydrogen) atoms. The molecule has 1 fully saturated rings. The zero-order chi connectivity index (χ0) is 22.1. The van der Waals surface area contributed by atoms with Gasteiger partial charge in [0.25, 0.3) is 5.91 Å². The molecule has 1 aliphatic rings. The van der Waals surface area contributed by atoms with Gasteiger partial charge < -0.3 is 15.4 Å². The van der Waals surface area contributed by atoms with Crippen LogP contribution >= 0.6 is 0 Å². The molecule has 0 saturated carbocycles. The van der Waals surface area contributed by atoms with Crippen molar-refractivity contribution in [3.8, 4) is 5.75 Å². The summed E-state index contributed by atoms with van der Waals surface area (Å²) in [6.45, 7) is 1.01. The fourth-order valence-corrected chi connectivity index (χ4v) is 3.71. The summed E-state index contributed by atoms with van der Waals surface area (Å²) < 4.78 is 30.4. The van der Waals surface area contributed by atoms with Crippen LogP contribution in [0.25, 0.3) is 0 Å². The Bertz CT molecular complexity index is 1040. The predicted molar refractivity (Wildman–Crippen MR) is 108 cm³/mol. The predicted octanol–water partition coefficient (Wildman–Crippen LogP) is 1.98. The van der Waals surface area contributed by atoms with Gasteiger partial charge >= 0.3 is 6.03 Å². The molecule has 2 atom stereocenters. The minimum atomic E-state index is -1.51. The fraction of sp³-hybridized carbons (Fsp3) is 0.250. The van der Waals surface area contributed by atoms with Crippen LogP contribution < -0.4 is 15.4 Å². The van der Waals surface area contributed by atoms with Gasteiger partial charge in [-0.15, -0.1) is 0 Å². The lowest BCUT2D eigenvalue weighted by Gasteiger charge is -2.22. The van der Waals surface area contributed by atoms with Gasteiger partial charge in [0.2, 0.25) is 5.91 Å². The van der Waals surface area contributed by atoms with Gasteiger partial charge in [0.15, 0.2) is 0 Å². The Balaban J connectivity index is 1.72. The number of hydrogen-bond donors (Lipinski definition) is 2. The number of amides is 4. The standard InChI is InChI=1S/C20H20FN3O5S/c1-20(12-4-7-14(29-2)8-5-12)18(26)24(19(27)23-20)11-17(25)22-13-6-9-16(30(3)28)15(21)10-13/h4-10H,11H2,1-3H3,(H,22,25)(H,23,27). The van der Waals surface area contributed by atoms with Crippen LogP contribution in [0, 0.1) is 5.82 Å². The number of anilines is 1. The van der Waals surface area contributed by atoms with Gasteiger partial charge in [-0.1, -0.05) is 12.1 Å². The fourth-order valence-electron chi connectivity index (χ4n) is 3.12. The maximum atomic E-state index is 13.9. The molecule has 1 saturated heterocycles. The largest absolute Gasteiger partial charge is 0.497 e. The van der Waals surface area contributed by atoms with Gasteiger partial charge in [-0.05, 0) is 42.8 Å². The molecule has 1 heterocycles. The first kappa shape index (κ1) is 21.4. The van der Waals surface area contributed by atoms with E-state index in [4.69, 9.17) is 4.74 Å². The molecule has 0 spiro atoms. The Morgan fingerprint density at radius 1 is 1.23 bits per heavy atom. The molecule has 8 nitrogen and oxygen atoms in total. The molecule has 0 radical (unpaired) electrons. The molecule has 2 aromatic carbocycles. The average Bonchev–Trinajstić information content (AvgIpc) is 2.91. The van der Waals surface area contributed by atoms with E-state index in [-0.39, 0.29) is 10.6 Å². The lowest BCUT2D eigenvalue weighted by atomic mass is 9.92. The van der Waals surface area contributed by atoms with E-state index < -0.39 is 46.5 Å². The van der Waals surface area contributed by atoms with E-state index in [1.807, 2.05) is 0 Å². The van der Waals surface area contributed by atoms with Gasteiger partial charge in [0.1, 0.15) is 23.7 Å². The molecule has 1 aliphatic heterocycles. The van der Waals surface area contributed by atoms with E-state index in [0.717, 1.165) is 11.0 Å². The molecule has 2 N–H and O–H groups in total. The van der Waals surface area contributed by atoms with Crippen LogP contribution in [0.5, 0.6) is 5.75 Å². The minimum absolute atomic E-state index is 0.0114. The Labute approximate surface area is 174 Å². The number of hydrogen-bond acceptors (Lipinski definition) is 5. The summed E-state index contributed by atoms with van der Waals surface area (Å²) >= 11 is 0. The van der Waals surface area contributed by atoms with Crippen molar-refractivity contribution in [3.05, 3.63) is 53.8 Å². The second-order valence-electron chi connectivity index (χ2n) is 6.82. The van der Waals surface area contributed by atoms with Crippen molar-refractivity contribution in [1.29, 1.82) is 0 Å². The van der Waals surface area contributed by atoms with Crippen molar-refractivity contribution in [2.45, 2.75) is 17.4 Å². The van der Waals surface area contributed by atoms with Gasteiger partial charge in [-0.3, -0.25) is 18.7 Å². The molecule has 0 aromatic heterocycles. The highest BCUT2D eigenvalue weighted by molar-refractivity contribution is 7.84. The molecule has 158 valence electrons. The second-order valence-corrected chi connectivity index (χ2v) is 8.17. The van der Waals surface area contributed by atoms with Crippen LogP contribution in [0.2, 0.25) is 0 Å². The quantitative estimate of drug-likeness (QED) is 0.678. The van der Waals surface area contributed by atoms with Crippen LogP contribution in [-0.2, 0) is 25.9 Å². The first-order chi connectivity index (χ1) is 14.2. The smallest absolute Gasteiger partial charge is 0.325 e. The number of nitrogens with one attached hydrogen (secondary N) is 2. The summed E-state index contributed by atoms with van der Waals surface area (Å²) in [4.78, 5) is 38.4. The summed E-state index contributed by atoms with van der Waals surface area (Å²) in [5.74, 6) is -1.39. The molecule has 2 aromatic rings. The molecule has 10 heteroatoms. The molecule has 2 unspecified atom stereocenters. The van der Waals surface area contributed by atoms with Crippen molar-refractivity contribution < 1.29 is 27.7 Å². The summed E-state index contributed by atoms with van der Waals surface area (Å²) in [6, 6.07) is 9.65. The van der Waals surface area contributed by atoms with E-state index in [9.17, 15) is 23.0 Å². The van der Waals surface area contributed by atoms with Crippen molar-refractivity contribution in [2.24, 2.45) is 0 Å². The van der Waals surface area contributed by atoms with Crippen molar-refractivity contribution >= 4 is 34.3 Å². The molecular formula is C20H20FN3O5S. The summed E-state index contributed by atoms with van der Waals surface area (Å²) in [6.07, 6.45) is 1.34. The van der Waals surface area contributed by atoms with E-state index in [0.29, 0.717) is 11.3 Å². The third-order valence-electron chi connectivity index (χ3n) is 4.77. The lowest BCUT2D eigenvalue weighted by molar-refractivity contribution is -0.133. The number of imide groups is 1. The highest BCUT2D eigenvalue weighted by Crippen LogP contribution is 2.30. The van der Waals surface area contributed by atoms with E-state index in [2.05, 4.69) is 10.6 Å². The van der Waals surface area contributed by atoms with E-state index in [1.54, 1.807) is 31.2 Å². The lowest BCUT2D eigenvalue weighted by Crippen LogP contribution is -2.42. The van der Waals surface area contributed by atoms with Gasteiger partial charge in [0, 0.05) is 11.9 Å². The maximum absolute atomic E-state index is 13.9. The molecule has 4 amide bonds. The number of rotatable bonds is 6. The number of halogens is 1.